The van der Waals surface area contributed by atoms with E-state index in [9.17, 15) is 9.59 Å². The Balaban J connectivity index is 1.53. The Kier molecular flexibility index (Phi) is 3.93. The van der Waals surface area contributed by atoms with Crippen molar-refractivity contribution in [1.82, 2.24) is 10.2 Å². The van der Waals surface area contributed by atoms with Gasteiger partial charge < -0.3 is 15.5 Å². The van der Waals surface area contributed by atoms with Crippen LogP contribution in [0, 0.1) is 0 Å². The molecule has 0 unspecified atom stereocenters. The zero-order valence-corrected chi connectivity index (χ0v) is 12.5. The minimum Gasteiger partial charge on any atom is -0.416 e. The molecule has 0 saturated heterocycles. The number of anilines is 1. The minimum atomic E-state index is -0.565. The number of thioether (sulfide) groups is 1. The first-order valence-corrected chi connectivity index (χ1v) is 8.13. The predicted molar refractivity (Wildman–Crippen MR) is 78.5 cm³/mol. The van der Waals surface area contributed by atoms with Crippen molar-refractivity contribution in [2.45, 2.75) is 24.0 Å². The second-order valence-corrected chi connectivity index (χ2v) is 6.39. The van der Waals surface area contributed by atoms with E-state index >= 15 is 0 Å². The first-order chi connectivity index (χ1) is 10.1. The summed E-state index contributed by atoms with van der Waals surface area (Å²) in [5.41, 5.74) is 5.53. The number of hydrogen-bond acceptors (Lipinski definition) is 7. The van der Waals surface area contributed by atoms with Crippen molar-refractivity contribution in [1.29, 1.82) is 0 Å². The molecule has 2 aromatic rings. The molecule has 3 rings (SSSR count). The van der Waals surface area contributed by atoms with Crippen LogP contribution < -0.4 is 11.1 Å². The van der Waals surface area contributed by atoms with Crippen LogP contribution in [0.15, 0.2) is 21.1 Å². The van der Waals surface area contributed by atoms with Gasteiger partial charge in [0, 0.05) is 5.92 Å². The van der Waals surface area contributed by atoms with E-state index < -0.39 is 5.91 Å². The molecular formula is C12H12N4O3S2. The average Bonchev–Trinajstić information content (AvgIpc) is 3.00. The van der Waals surface area contributed by atoms with E-state index in [-0.39, 0.29) is 11.7 Å². The number of nitrogens with one attached hydrogen (secondary N) is 1. The standard InChI is InChI=1S/C12H12N4O3S2/c13-9(18)7-3-4-20-11(7)14-8(17)5-21-12-16-15-10(19-12)6-1-2-6/h3-4,6H,1-2,5H2,(H2,13,18)(H,14,17). The minimum absolute atomic E-state index is 0.127. The molecule has 1 saturated carbocycles. The summed E-state index contributed by atoms with van der Waals surface area (Å²) in [6, 6.07) is 1.58. The van der Waals surface area contributed by atoms with Crippen molar-refractivity contribution in [3.05, 3.63) is 22.9 Å². The first kappa shape index (κ1) is 14.1. The van der Waals surface area contributed by atoms with Crippen LogP contribution in [0.1, 0.15) is 35.0 Å². The zero-order valence-electron chi connectivity index (χ0n) is 10.9. The van der Waals surface area contributed by atoms with Crippen molar-refractivity contribution in [3.63, 3.8) is 0 Å². The third-order valence-corrected chi connectivity index (χ3v) is 4.51. The van der Waals surface area contributed by atoms with Gasteiger partial charge in [-0.3, -0.25) is 9.59 Å². The average molecular weight is 324 g/mol. The van der Waals surface area contributed by atoms with Gasteiger partial charge in [0.15, 0.2) is 0 Å². The Hall–Kier alpha value is -1.87. The highest BCUT2D eigenvalue weighted by molar-refractivity contribution is 7.99. The lowest BCUT2D eigenvalue weighted by atomic mass is 10.3. The van der Waals surface area contributed by atoms with Crippen LogP contribution in [0.2, 0.25) is 0 Å². The lowest BCUT2D eigenvalue weighted by Gasteiger charge is -2.02. The number of rotatable bonds is 6. The lowest BCUT2D eigenvalue weighted by Crippen LogP contribution is -2.17. The number of aromatic nitrogens is 2. The van der Waals surface area contributed by atoms with Crippen molar-refractivity contribution in [2.24, 2.45) is 5.73 Å². The highest BCUT2D eigenvalue weighted by atomic mass is 32.2. The van der Waals surface area contributed by atoms with Crippen molar-refractivity contribution < 1.29 is 14.0 Å². The van der Waals surface area contributed by atoms with E-state index in [1.807, 2.05) is 0 Å². The monoisotopic (exact) mass is 324 g/mol. The predicted octanol–water partition coefficient (Wildman–Crippen LogP) is 1.84. The quantitative estimate of drug-likeness (QED) is 0.784. The molecule has 0 spiro atoms. The number of carbonyl (C=O) groups excluding carboxylic acids is 2. The summed E-state index contributed by atoms with van der Waals surface area (Å²) in [6.07, 6.45) is 2.17. The van der Waals surface area contributed by atoms with Crippen LogP contribution in [0.4, 0.5) is 5.00 Å². The van der Waals surface area contributed by atoms with Gasteiger partial charge in [0.25, 0.3) is 11.1 Å². The van der Waals surface area contributed by atoms with Crippen LogP contribution in [0.5, 0.6) is 0 Å². The number of amides is 2. The van der Waals surface area contributed by atoms with E-state index in [1.54, 1.807) is 11.4 Å². The van der Waals surface area contributed by atoms with Crippen molar-refractivity contribution in [3.8, 4) is 0 Å². The Labute approximate surface area is 128 Å². The van der Waals surface area contributed by atoms with Gasteiger partial charge in [-0.15, -0.1) is 21.5 Å². The fourth-order valence-electron chi connectivity index (χ4n) is 1.66. The van der Waals surface area contributed by atoms with E-state index in [4.69, 9.17) is 10.2 Å². The van der Waals surface area contributed by atoms with Crippen LogP contribution in [-0.4, -0.2) is 27.8 Å². The second-order valence-electron chi connectivity index (χ2n) is 4.54. The molecular weight excluding hydrogens is 312 g/mol. The van der Waals surface area contributed by atoms with E-state index in [2.05, 4.69) is 15.5 Å². The Morgan fingerprint density at radius 3 is 3.00 bits per heavy atom. The maximum absolute atomic E-state index is 11.8. The fraction of sp³-hybridized carbons (Fsp3) is 0.333. The molecule has 0 bridgehead atoms. The highest BCUT2D eigenvalue weighted by Crippen LogP contribution is 2.39. The van der Waals surface area contributed by atoms with E-state index in [0.29, 0.717) is 27.6 Å². The molecule has 0 radical (unpaired) electrons. The zero-order chi connectivity index (χ0) is 14.8. The number of primary amides is 1. The third-order valence-electron chi connectivity index (χ3n) is 2.86. The molecule has 21 heavy (non-hydrogen) atoms. The normalized spacial score (nSPS) is 14.1. The van der Waals surface area contributed by atoms with Gasteiger partial charge in [-0.1, -0.05) is 11.8 Å². The molecule has 2 amide bonds. The maximum atomic E-state index is 11.8. The smallest absolute Gasteiger partial charge is 0.277 e. The SMILES string of the molecule is NC(=O)c1ccsc1NC(=O)CSc1nnc(C2CC2)o1. The number of carbonyl (C=O) groups is 2. The van der Waals surface area contributed by atoms with Crippen molar-refractivity contribution >= 4 is 39.9 Å². The maximum Gasteiger partial charge on any atom is 0.277 e. The topological polar surface area (TPSA) is 111 Å². The molecule has 0 atom stereocenters. The summed E-state index contributed by atoms with van der Waals surface area (Å²) < 4.78 is 5.44. The summed E-state index contributed by atoms with van der Waals surface area (Å²) >= 11 is 2.42. The third kappa shape index (κ3) is 3.42. The summed E-state index contributed by atoms with van der Waals surface area (Å²) in [5, 5.41) is 13.0. The Bertz CT molecular complexity index is 678. The Morgan fingerprint density at radius 1 is 1.48 bits per heavy atom. The highest BCUT2D eigenvalue weighted by Gasteiger charge is 2.29. The molecule has 9 heteroatoms. The number of nitrogens with zero attached hydrogens (tertiary/aromatic N) is 2. The molecule has 1 fully saturated rings. The lowest BCUT2D eigenvalue weighted by molar-refractivity contribution is -0.113. The van der Waals surface area contributed by atoms with Crippen molar-refractivity contribution in [2.75, 3.05) is 11.1 Å². The number of thiophene rings is 1. The number of hydrogen-bond donors (Lipinski definition) is 2. The van der Waals surface area contributed by atoms with E-state index in [1.165, 1.54) is 23.1 Å². The van der Waals surface area contributed by atoms with Gasteiger partial charge in [0.2, 0.25) is 11.8 Å². The van der Waals surface area contributed by atoms with Crippen LogP contribution in [0.25, 0.3) is 0 Å². The molecule has 3 N–H and O–H groups in total. The van der Waals surface area contributed by atoms with Gasteiger partial charge in [0.1, 0.15) is 5.00 Å². The van der Waals surface area contributed by atoms with Gasteiger partial charge in [-0.2, -0.15) is 0 Å². The molecule has 7 nitrogen and oxygen atoms in total. The van der Waals surface area contributed by atoms with Crippen LogP contribution in [0.3, 0.4) is 0 Å². The first-order valence-electron chi connectivity index (χ1n) is 6.27. The Morgan fingerprint density at radius 2 is 2.29 bits per heavy atom. The van der Waals surface area contributed by atoms with Crippen LogP contribution >= 0.6 is 23.1 Å². The summed E-state index contributed by atoms with van der Waals surface area (Å²) in [4.78, 5) is 23.0. The molecule has 2 aromatic heterocycles. The van der Waals surface area contributed by atoms with Gasteiger partial charge in [-0.05, 0) is 24.3 Å². The molecule has 110 valence electrons. The summed E-state index contributed by atoms with van der Waals surface area (Å²) in [6.45, 7) is 0. The summed E-state index contributed by atoms with van der Waals surface area (Å²) in [5.74, 6) is 0.348. The van der Waals surface area contributed by atoms with Gasteiger partial charge >= 0.3 is 0 Å². The number of nitrogens with two attached hydrogens (primary N) is 1. The van der Waals surface area contributed by atoms with Gasteiger partial charge in [-0.25, -0.2) is 0 Å². The van der Waals surface area contributed by atoms with Gasteiger partial charge in [0.05, 0.1) is 11.3 Å². The molecule has 0 aromatic carbocycles. The molecule has 1 aliphatic rings. The molecule has 0 aliphatic heterocycles. The van der Waals surface area contributed by atoms with Crippen LogP contribution in [-0.2, 0) is 4.79 Å². The molecule has 2 heterocycles. The van der Waals surface area contributed by atoms with E-state index in [0.717, 1.165) is 12.8 Å². The summed E-state index contributed by atoms with van der Waals surface area (Å²) in [7, 11) is 0. The largest absolute Gasteiger partial charge is 0.416 e. The molecule has 1 aliphatic carbocycles. The fourth-order valence-corrected chi connectivity index (χ4v) is 3.04. The second kappa shape index (κ2) is 5.86.